The van der Waals surface area contributed by atoms with Crippen molar-refractivity contribution in [3.05, 3.63) is 22.5 Å². The standard InChI is InChI=1S/C9H6N4O3S/c14-5-1-4(2-6(15)10-5)8-11-9-13(12-8)7(16)3-17-9/h1-2H,3H2,(H2,10,14,15). The van der Waals surface area contributed by atoms with Gasteiger partial charge in [0.2, 0.25) is 0 Å². The van der Waals surface area contributed by atoms with Gasteiger partial charge < -0.3 is 5.11 Å². The molecule has 0 saturated carbocycles. The molecule has 0 bridgehead atoms. The summed E-state index contributed by atoms with van der Waals surface area (Å²) in [4.78, 5) is 28.9. The fraction of sp³-hybridized carbons (Fsp3) is 0.111. The summed E-state index contributed by atoms with van der Waals surface area (Å²) >= 11 is 1.29. The predicted octanol–water partition coefficient (Wildman–Crippen LogP) is 0.0849. The van der Waals surface area contributed by atoms with Gasteiger partial charge in [0.1, 0.15) is 0 Å². The number of carbonyl (C=O) groups excluding carboxylic acids is 1. The summed E-state index contributed by atoms with van der Waals surface area (Å²) in [5.74, 6) is 0.178. The molecule has 3 rings (SSSR count). The summed E-state index contributed by atoms with van der Waals surface area (Å²) < 4.78 is 1.21. The average molecular weight is 250 g/mol. The van der Waals surface area contributed by atoms with E-state index in [9.17, 15) is 14.7 Å². The van der Waals surface area contributed by atoms with Gasteiger partial charge in [-0.15, -0.1) is 5.10 Å². The molecule has 0 unspecified atom stereocenters. The van der Waals surface area contributed by atoms with E-state index < -0.39 is 5.56 Å². The van der Waals surface area contributed by atoms with Gasteiger partial charge in [0.25, 0.3) is 11.5 Å². The van der Waals surface area contributed by atoms with Crippen molar-refractivity contribution < 1.29 is 9.90 Å². The van der Waals surface area contributed by atoms with Crippen LogP contribution in [-0.4, -0.2) is 36.5 Å². The molecule has 0 aliphatic carbocycles. The summed E-state index contributed by atoms with van der Waals surface area (Å²) in [5.41, 5.74) is -0.0736. The second-order valence-corrected chi connectivity index (χ2v) is 4.37. The number of aromatic amines is 1. The van der Waals surface area contributed by atoms with Crippen LogP contribution in [-0.2, 0) is 0 Å². The number of fused-ring (bicyclic) bond motifs is 1. The maximum absolute atomic E-state index is 11.4. The van der Waals surface area contributed by atoms with Gasteiger partial charge in [-0.2, -0.15) is 4.68 Å². The van der Waals surface area contributed by atoms with E-state index in [1.165, 1.54) is 28.6 Å². The van der Waals surface area contributed by atoms with Crippen LogP contribution in [0.25, 0.3) is 11.4 Å². The van der Waals surface area contributed by atoms with Gasteiger partial charge in [0.15, 0.2) is 16.9 Å². The largest absolute Gasteiger partial charge is 0.494 e. The van der Waals surface area contributed by atoms with E-state index in [2.05, 4.69) is 15.1 Å². The quantitative estimate of drug-likeness (QED) is 0.743. The Morgan fingerprint density at radius 1 is 1.41 bits per heavy atom. The number of nitrogens with zero attached hydrogens (tertiary/aromatic N) is 3. The Hall–Kier alpha value is -2.09. The maximum Gasteiger partial charge on any atom is 0.259 e. The summed E-state index contributed by atoms with van der Waals surface area (Å²) in [5, 5.41) is 13.8. The number of aromatic nitrogens is 4. The highest BCUT2D eigenvalue weighted by atomic mass is 32.2. The fourth-order valence-electron chi connectivity index (χ4n) is 1.52. The molecule has 0 spiro atoms. The molecule has 2 aromatic heterocycles. The minimum absolute atomic E-state index is 0.141. The minimum atomic E-state index is -0.450. The monoisotopic (exact) mass is 250 g/mol. The zero-order chi connectivity index (χ0) is 12.0. The van der Waals surface area contributed by atoms with Gasteiger partial charge in [-0.25, -0.2) is 4.98 Å². The smallest absolute Gasteiger partial charge is 0.259 e. The third-order valence-corrected chi connectivity index (χ3v) is 3.14. The molecule has 0 saturated heterocycles. The van der Waals surface area contributed by atoms with Crippen LogP contribution in [0.2, 0.25) is 0 Å². The normalized spacial score (nSPS) is 14.0. The van der Waals surface area contributed by atoms with Gasteiger partial charge in [-0.1, -0.05) is 11.8 Å². The van der Waals surface area contributed by atoms with Crippen molar-refractivity contribution in [2.24, 2.45) is 0 Å². The fourth-order valence-corrected chi connectivity index (χ4v) is 2.31. The van der Waals surface area contributed by atoms with Crippen LogP contribution < -0.4 is 5.56 Å². The summed E-state index contributed by atoms with van der Waals surface area (Å²) in [6.07, 6.45) is 0. The first kappa shape index (κ1) is 10.1. The van der Waals surface area contributed by atoms with Gasteiger partial charge in [-0.3, -0.25) is 14.6 Å². The molecule has 86 valence electrons. The Bertz CT molecular complexity index is 675. The van der Waals surface area contributed by atoms with Crippen molar-refractivity contribution in [3.63, 3.8) is 0 Å². The number of aromatic hydroxyl groups is 1. The zero-order valence-electron chi connectivity index (χ0n) is 8.38. The molecule has 0 radical (unpaired) electrons. The molecule has 1 aliphatic rings. The summed E-state index contributed by atoms with van der Waals surface area (Å²) in [6, 6.07) is 2.60. The van der Waals surface area contributed by atoms with Gasteiger partial charge in [0, 0.05) is 17.7 Å². The third-order valence-electron chi connectivity index (χ3n) is 2.23. The molecule has 8 heteroatoms. The van der Waals surface area contributed by atoms with E-state index in [-0.39, 0.29) is 17.6 Å². The average Bonchev–Trinajstić information content (AvgIpc) is 2.80. The Balaban J connectivity index is 2.13. The maximum atomic E-state index is 11.4. The van der Waals surface area contributed by atoms with Crippen molar-refractivity contribution in [3.8, 4) is 17.3 Å². The molecule has 17 heavy (non-hydrogen) atoms. The molecule has 7 nitrogen and oxygen atoms in total. The van der Waals surface area contributed by atoms with E-state index in [4.69, 9.17) is 0 Å². The molecule has 2 N–H and O–H groups in total. The lowest BCUT2D eigenvalue weighted by atomic mass is 10.2. The number of carbonyl (C=O) groups is 1. The van der Waals surface area contributed by atoms with Crippen LogP contribution in [0.4, 0.5) is 0 Å². The van der Waals surface area contributed by atoms with Crippen molar-refractivity contribution in [1.29, 1.82) is 0 Å². The second kappa shape index (κ2) is 3.45. The molecule has 1 aliphatic heterocycles. The number of H-pyrrole nitrogens is 1. The molecular formula is C9H6N4O3S. The van der Waals surface area contributed by atoms with Crippen LogP contribution in [0.15, 0.2) is 22.1 Å². The number of rotatable bonds is 1. The van der Waals surface area contributed by atoms with E-state index >= 15 is 0 Å². The van der Waals surface area contributed by atoms with Crippen LogP contribution in [0.5, 0.6) is 5.88 Å². The lowest BCUT2D eigenvalue weighted by Crippen LogP contribution is -2.09. The number of hydrogen-bond donors (Lipinski definition) is 2. The Morgan fingerprint density at radius 2 is 2.24 bits per heavy atom. The highest BCUT2D eigenvalue weighted by Gasteiger charge is 2.24. The van der Waals surface area contributed by atoms with E-state index in [1.54, 1.807) is 0 Å². The predicted molar refractivity (Wildman–Crippen MR) is 59.1 cm³/mol. The van der Waals surface area contributed by atoms with Crippen molar-refractivity contribution in [2.45, 2.75) is 5.16 Å². The van der Waals surface area contributed by atoms with Gasteiger partial charge in [0.05, 0.1) is 5.75 Å². The SMILES string of the molecule is O=C1CSc2nc(-c3cc(O)[nH]c(=O)c3)nn21. The van der Waals surface area contributed by atoms with Crippen molar-refractivity contribution in [2.75, 3.05) is 5.75 Å². The first-order valence-electron chi connectivity index (χ1n) is 4.70. The van der Waals surface area contributed by atoms with Crippen LogP contribution in [0.1, 0.15) is 4.79 Å². The molecule has 2 aromatic rings. The summed E-state index contributed by atoms with van der Waals surface area (Å²) in [6.45, 7) is 0. The first-order valence-corrected chi connectivity index (χ1v) is 5.69. The topological polar surface area (TPSA) is 101 Å². The van der Waals surface area contributed by atoms with Gasteiger partial charge >= 0.3 is 0 Å². The number of thioether (sulfide) groups is 1. The molecular weight excluding hydrogens is 244 g/mol. The molecule has 0 amide bonds. The molecule has 3 heterocycles. The Labute approximate surface area is 98.5 Å². The first-order chi connectivity index (χ1) is 8.13. The number of pyridine rings is 1. The van der Waals surface area contributed by atoms with Crippen molar-refractivity contribution in [1.82, 2.24) is 19.7 Å². The highest BCUT2D eigenvalue weighted by molar-refractivity contribution is 8.00. The summed E-state index contributed by atoms with van der Waals surface area (Å²) in [7, 11) is 0. The zero-order valence-corrected chi connectivity index (χ0v) is 9.19. The lowest BCUT2D eigenvalue weighted by Gasteiger charge is -1.95. The van der Waals surface area contributed by atoms with E-state index in [1.807, 2.05) is 0 Å². The van der Waals surface area contributed by atoms with Crippen LogP contribution in [0, 0.1) is 0 Å². The molecule has 0 aromatic carbocycles. The van der Waals surface area contributed by atoms with Gasteiger partial charge in [-0.05, 0) is 0 Å². The Kier molecular flexibility index (Phi) is 2.05. The van der Waals surface area contributed by atoms with E-state index in [0.717, 1.165) is 0 Å². The van der Waals surface area contributed by atoms with Crippen LogP contribution in [0.3, 0.4) is 0 Å². The lowest BCUT2D eigenvalue weighted by molar-refractivity contribution is 0.0923. The van der Waals surface area contributed by atoms with Crippen LogP contribution >= 0.6 is 11.8 Å². The number of hydrogen-bond acceptors (Lipinski definition) is 6. The van der Waals surface area contributed by atoms with Crippen molar-refractivity contribution >= 4 is 17.7 Å². The Morgan fingerprint density at radius 3 is 2.94 bits per heavy atom. The molecule has 0 atom stereocenters. The molecule has 0 fully saturated rings. The number of nitrogens with one attached hydrogen (secondary N) is 1. The van der Waals surface area contributed by atoms with E-state index in [0.29, 0.717) is 16.5 Å². The third kappa shape index (κ3) is 1.62. The minimum Gasteiger partial charge on any atom is -0.494 e. The second-order valence-electron chi connectivity index (χ2n) is 3.43. The highest BCUT2D eigenvalue weighted by Crippen LogP contribution is 2.26.